The molecular weight excluding hydrogens is 302 g/mol. The molecule has 2 heterocycles. The fourth-order valence-electron chi connectivity index (χ4n) is 3.30. The Labute approximate surface area is 141 Å². The molecule has 0 unspecified atom stereocenters. The number of amides is 2. The monoisotopic (exact) mass is 321 g/mol. The van der Waals surface area contributed by atoms with Crippen molar-refractivity contribution in [3.63, 3.8) is 0 Å². The fourth-order valence-corrected chi connectivity index (χ4v) is 3.30. The number of anilines is 2. The van der Waals surface area contributed by atoms with Gasteiger partial charge in [-0.2, -0.15) is 0 Å². The summed E-state index contributed by atoms with van der Waals surface area (Å²) in [5.74, 6) is -0.495. The van der Waals surface area contributed by atoms with Gasteiger partial charge in [0.15, 0.2) is 0 Å². The van der Waals surface area contributed by atoms with Crippen molar-refractivity contribution >= 4 is 23.2 Å². The SMILES string of the molecule is CN1CCN(c2ccc(N3C(=O)c4ccccc4C3=O)cc2)CC1. The van der Waals surface area contributed by atoms with Gasteiger partial charge in [0.1, 0.15) is 0 Å². The number of rotatable bonds is 2. The first kappa shape index (κ1) is 14.9. The molecule has 0 saturated carbocycles. The predicted octanol–water partition coefficient (Wildman–Crippen LogP) is 2.24. The first-order valence-electron chi connectivity index (χ1n) is 8.16. The molecule has 5 nitrogen and oxygen atoms in total. The number of carbonyl (C=O) groups excluding carboxylic acids is 2. The van der Waals surface area contributed by atoms with Crippen molar-refractivity contribution in [2.45, 2.75) is 0 Å². The van der Waals surface area contributed by atoms with E-state index in [2.05, 4.69) is 16.8 Å². The zero-order chi connectivity index (χ0) is 16.7. The third kappa shape index (κ3) is 2.37. The number of nitrogens with zero attached hydrogens (tertiary/aromatic N) is 3. The third-order valence-corrected chi connectivity index (χ3v) is 4.77. The molecule has 1 saturated heterocycles. The molecule has 2 aliphatic rings. The van der Waals surface area contributed by atoms with Crippen LogP contribution in [0.2, 0.25) is 0 Å². The molecule has 2 aromatic rings. The summed E-state index contributed by atoms with van der Waals surface area (Å²) < 4.78 is 0. The Kier molecular flexibility index (Phi) is 3.58. The van der Waals surface area contributed by atoms with Gasteiger partial charge < -0.3 is 9.80 Å². The summed E-state index contributed by atoms with van der Waals surface area (Å²) in [6, 6.07) is 14.7. The highest BCUT2D eigenvalue weighted by molar-refractivity contribution is 6.34. The molecule has 4 rings (SSSR count). The van der Waals surface area contributed by atoms with Crippen molar-refractivity contribution < 1.29 is 9.59 Å². The lowest BCUT2D eigenvalue weighted by atomic mass is 10.1. The Balaban J connectivity index is 1.58. The van der Waals surface area contributed by atoms with Gasteiger partial charge in [-0.3, -0.25) is 9.59 Å². The van der Waals surface area contributed by atoms with Gasteiger partial charge in [0.25, 0.3) is 11.8 Å². The number of hydrogen-bond donors (Lipinski definition) is 0. The lowest BCUT2D eigenvalue weighted by molar-refractivity contribution is 0.0926. The van der Waals surface area contributed by atoms with E-state index in [1.54, 1.807) is 24.3 Å². The highest BCUT2D eigenvalue weighted by atomic mass is 16.2. The van der Waals surface area contributed by atoms with Crippen LogP contribution in [-0.2, 0) is 0 Å². The van der Waals surface area contributed by atoms with Gasteiger partial charge in [0, 0.05) is 31.9 Å². The lowest BCUT2D eigenvalue weighted by Crippen LogP contribution is -2.44. The topological polar surface area (TPSA) is 43.9 Å². The second-order valence-corrected chi connectivity index (χ2v) is 6.30. The number of piperazine rings is 1. The van der Waals surface area contributed by atoms with Crippen LogP contribution in [0.5, 0.6) is 0 Å². The second-order valence-electron chi connectivity index (χ2n) is 6.30. The van der Waals surface area contributed by atoms with Gasteiger partial charge in [-0.15, -0.1) is 0 Å². The number of likely N-dealkylation sites (N-methyl/N-ethyl adjacent to an activating group) is 1. The number of imide groups is 1. The summed E-state index contributed by atoms with van der Waals surface area (Å²) in [7, 11) is 2.13. The van der Waals surface area contributed by atoms with Crippen molar-refractivity contribution in [3.8, 4) is 0 Å². The maximum atomic E-state index is 12.5. The van der Waals surface area contributed by atoms with Crippen LogP contribution in [0.25, 0.3) is 0 Å². The quantitative estimate of drug-likeness (QED) is 0.796. The Morgan fingerprint density at radius 1 is 0.708 bits per heavy atom. The molecule has 0 aliphatic carbocycles. The highest BCUT2D eigenvalue weighted by Crippen LogP contribution is 2.29. The Morgan fingerprint density at radius 2 is 1.21 bits per heavy atom. The molecule has 0 aromatic heterocycles. The van der Waals surface area contributed by atoms with E-state index in [0.29, 0.717) is 16.8 Å². The van der Waals surface area contributed by atoms with E-state index >= 15 is 0 Å². The van der Waals surface area contributed by atoms with Gasteiger partial charge >= 0.3 is 0 Å². The van der Waals surface area contributed by atoms with Crippen LogP contribution >= 0.6 is 0 Å². The summed E-state index contributed by atoms with van der Waals surface area (Å²) in [5, 5.41) is 0. The fraction of sp³-hybridized carbons (Fsp3) is 0.263. The van der Waals surface area contributed by atoms with Gasteiger partial charge in [0.05, 0.1) is 16.8 Å². The summed E-state index contributed by atoms with van der Waals surface area (Å²) in [6.45, 7) is 4.06. The maximum absolute atomic E-state index is 12.5. The smallest absolute Gasteiger partial charge is 0.266 e. The van der Waals surface area contributed by atoms with Gasteiger partial charge in [0.2, 0.25) is 0 Å². The van der Waals surface area contributed by atoms with Crippen molar-refractivity contribution in [1.82, 2.24) is 4.90 Å². The van der Waals surface area contributed by atoms with Crippen molar-refractivity contribution in [1.29, 1.82) is 0 Å². The molecule has 122 valence electrons. The van der Waals surface area contributed by atoms with Crippen molar-refractivity contribution in [2.24, 2.45) is 0 Å². The summed E-state index contributed by atoms with van der Waals surface area (Å²) in [4.78, 5) is 30.9. The molecule has 2 aromatic carbocycles. The van der Waals surface area contributed by atoms with E-state index in [0.717, 1.165) is 31.9 Å². The number of carbonyl (C=O) groups is 2. The van der Waals surface area contributed by atoms with Crippen LogP contribution in [-0.4, -0.2) is 49.9 Å². The van der Waals surface area contributed by atoms with Crippen molar-refractivity contribution in [3.05, 3.63) is 59.7 Å². The van der Waals surface area contributed by atoms with Crippen LogP contribution < -0.4 is 9.80 Å². The van der Waals surface area contributed by atoms with Gasteiger partial charge in [-0.1, -0.05) is 12.1 Å². The minimum atomic E-state index is -0.247. The maximum Gasteiger partial charge on any atom is 0.266 e. The van der Waals surface area contributed by atoms with Gasteiger partial charge in [-0.05, 0) is 43.4 Å². The van der Waals surface area contributed by atoms with Crippen LogP contribution in [0.4, 0.5) is 11.4 Å². The third-order valence-electron chi connectivity index (χ3n) is 4.77. The van der Waals surface area contributed by atoms with E-state index in [1.807, 2.05) is 24.3 Å². The largest absolute Gasteiger partial charge is 0.369 e. The number of fused-ring (bicyclic) bond motifs is 1. The Morgan fingerprint density at radius 3 is 1.75 bits per heavy atom. The molecule has 0 N–H and O–H groups in total. The molecule has 0 radical (unpaired) electrons. The lowest BCUT2D eigenvalue weighted by Gasteiger charge is -2.34. The highest BCUT2D eigenvalue weighted by Gasteiger charge is 2.36. The van der Waals surface area contributed by atoms with Crippen LogP contribution in [0.3, 0.4) is 0 Å². The van der Waals surface area contributed by atoms with E-state index in [-0.39, 0.29) is 11.8 Å². The molecular formula is C19H19N3O2. The molecule has 5 heteroatoms. The molecule has 0 spiro atoms. The first-order chi connectivity index (χ1) is 11.6. The van der Waals surface area contributed by atoms with Crippen LogP contribution in [0.15, 0.2) is 48.5 Å². The van der Waals surface area contributed by atoms with Gasteiger partial charge in [-0.25, -0.2) is 4.90 Å². The van der Waals surface area contributed by atoms with Crippen LogP contribution in [0, 0.1) is 0 Å². The minimum Gasteiger partial charge on any atom is -0.369 e. The molecule has 0 atom stereocenters. The standard InChI is InChI=1S/C19H19N3O2/c1-20-10-12-21(13-11-20)14-6-8-15(9-7-14)22-18(23)16-4-2-3-5-17(16)19(22)24/h2-9H,10-13H2,1H3. The number of hydrogen-bond acceptors (Lipinski definition) is 4. The zero-order valence-electron chi connectivity index (χ0n) is 13.6. The minimum absolute atomic E-state index is 0.247. The van der Waals surface area contributed by atoms with Crippen LogP contribution in [0.1, 0.15) is 20.7 Å². The molecule has 2 aliphatic heterocycles. The molecule has 2 amide bonds. The molecule has 24 heavy (non-hydrogen) atoms. The Bertz CT molecular complexity index is 758. The van der Waals surface area contributed by atoms with Crippen molar-refractivity contribution in [2.75, 3.05) is 43.0 Å². The molecule has 1 fully saturated rings. The number of benzene rings is 2. The normalized spacial score (nSPS) is 18.2. The second kappa shape index (κ2) is 5.76. The van der Waals surface area contributed by atoms with E-state index in [1.165, 1.54) is 4.90 Å². The summed E-state index contributed by atoms with van der Waals surface area (Å²) >= 11 is 0. The van der Waals surface area contributed by atoms with E-state index in [4.69, 9.17) is 0 Å². The zero-order valence-corrected chi connectivity index (χ0v) is 13.6. The summed E-state index contributed by atoms with van der Waals surface area (Å²) in [6.07, 6.45) is 0. The predicted molar refractivity (Wildman–Crippen MR) is 93.7 cm³/mol. The average Bonchev–Trinajstić information content (AvgIpc) is 2.87. The average molecular weight is 321 g/mol. The van der Waals surface area contributed by atoms with E-state index < -0.39 is 0 Å². The summed E-state index contributed by atoms with van der Waals surface area (Å²) in [5.41, 5.74) is 2.71. The first-order valence-corrected chi connectivity index (χ1v) is 8.16. The Hall–Kier alpha value is -2.66. The van der Waals surface area contributed by atoms with E-state index in [9.17, 15) is 9.59 Å². The molecule has 0 bridgehead atoms.